The molecule has 1 rings (SSSR count). The normalized spacial score (nSPS) is 18.3. The topological polar surface area (TPSA) is 149 Å². The van der Waals surface area contributed by atoms with Crippen molar-refractivity contribution in [3.8, 4) is 0 Å². The van der Waals surface area contributed by atoms with Crippen LogP contribution in [0.15, 0.2) is 60.8 Å². The van der Waals surface area contributed by atoms with Crippen LogP contribution in [-0.4, -0.2) is 87.5 Å². The summed E-state index contributed by atoms with van der Waals surface area (Å²) in [4.78, 5) is 13.1. The van der Waals surface area contributed by atoms with Crippen molar-refractivity contribution in [2.45, 2.75) is 416 Å². The van der Waals surface area contributed by atoms with E-state index in [1.165, 1.54) is 302 Å². The van der Waals surface area contributed by atoms with Gasteiger partial charge in [0.25, 0.3) is 0 Å². The zero-order chi connectivity index (χ0) is 62.8. The second-order valence-electron chi connectivity index (χ2n) is 26.4. The molecular formula is C78H145NO8. The highest BCUT2D eigenvalue weighted by molar-refractivity contribution is 5.76. The summed E-state index contributed by atoms with van der Waals surface area (Å²) >= 11 is 0. The number of aliphatic hydroxyl groups excluding tert-OH is 5. The third-order valence-electron chi connectivity index (χ3n) is 18.0. The number of allylic oxidation sites excluding steroid dienone is 9. The monoisotopic (exact) mass is 1220 g/mol. The van der Waals surface area contributed by atoms with E-state index in [1.54, 1.807) is 6.08 Å². The van der Waals surface area contributed by atoms with Crippen molar-refractivity contribution in [1.29, 1.82) is 0 Å². The van der Waals surface area contributed by atoms with E-state index in [0.717, 1.165) is 51.4 Å². The van der Waals surface area contributed by atoms with Gasteiger partial charge in [-0.1, -0.05) is 351 Å². The van der Waals surface area contributed by atoms with Crippen LogP contribution in [0.5, 0.6) is 0 Å². The van der Waals surface area contributed by atoms with E-state index in [4.69, 9.17) is 9.47 Å². The Morgan fingerprint density at radius 3 is 1.03 bits per heavy atom. The standard InChI is InChI=1S/C78H145NO8/c1-3-5-7-9-11-13-15-17-19-21-23-25-27-28-29-30-31-32-33-34-35-36-37-38-39-40-41-42-43-44-46-48-50-52-54-56-58-60-62-64-66-68-74(82)79-71(70-86-78-77(85)76(84)75(83)73(69-80)87-78)72(81)67-65-63-61-59-57-55-53-51-49-47-45-26-24-22-20-18-16-14-12-10-8-6-4-2/h15,17,21,23,49,51,57,59,65,67,71-73,75-78,80-81,83-85H,3-14,16,18-20,22,24-48,50,52-56,58,60-64,66,68-70H2,1-2H3,(H,79,82)/b17-15-,23-21-,51-49+,59-57+,67-65+. The quantitative estimate of drug-likeness (QED) is 0.0261. The molecule has 7 unspecified atom stereocenters. The molecule has 7 atom stereocenters. The molecule has 0 bridgehead atoms. The summed E-state index contributed by atoms with van der Waals surface area (Å²) < 4.78 is 11.3. The summed E-state index contributed by atoms with van der Waals surface area (Å²) in [6.45, 7) is 3.79. The molecule has 1 amide bonds. The number of nitrogens with one attached hydrogen (secondary N) is 1. The van der Waals surface area contributed by atoms with Crippen molar-refractivity contribution in [3.63, 3.8) is 0 Å². The van der Waals surface area contributed by atoms with E-state index in [1.807, 2.05) is 6.08 Å². The number of hydrogen-bond donors (Lipinski definition) is 6. The first kappa shape index (κ1) is 82.9. The number of carbonyl (C=O) groups excluding carboxylic acids is 1. The van der Waals surface area contributed by atoms with Crippen LogP contribution in [0.3, 0.4) is 0 Å². The molecule has 0 aromatic heterocycles. The fraction of sp³-hybridized carbons (Fsp3) is 0.859. The van der Waals surface area contributed by atoms with Crippen LogP contribution < -0.4 is 5.32 Å². The molecular weight excluding hydrogens is 1080 g/mol. The van der Waals surface area contributed by atoms with Crippen molar-refractivity contribution in [3.05, 3.63) is 60.8 Å². The minimum Gasteiger partial charge on any atom is -0.394 e. The van der Waals surface area contributed by atoms with Crippen LogP contribution >= 0.6 is 0 Å². The van der Waals surface area contributed by atoms with Crippen molar-refractivity contribution in [1.82, 2.24) is 5.32 Å². The number of ether oxygens (including phenoxy) is 2. The predicted molar refractivity (Wildman–Crippen MR) is 373 cm³/mol. The lowest BCUT2D eigenvalue weighted by Gasteiger charge is -2.40. The molecule has 9 nitrogen and oxygen atoms in total. The predicted octanol–water partition coefficient (Wildman–Crippen LogP) is 21.3. The second-order valence-corrected chi connectivity index (χ2v) is 26.4. The summed E-state index contributed by atoms with van der Waals surface area (Å²) in [5.41, 5.74) is 0. The van der Waals surface area contributed by atoms with Crippen LogP contribution in [0.4, 0.5) is 0 Å². The second kappa shape index (κ2) is 66.8. The summed E-state index contributed by atoms with van der Waals surface area (Å²) in [5, 5.41) is 54.8. The molecule has 0 spiro atoms. The Bertz CT molecular complexity index is 1560. The average molecular weight is 1230 g/mol. The Balaban J connectivity index is 2.06. The SMILES string of the molecule is CCCCCCC/C=C\C/C=C\CCCCCCCCCCCCCCCCCCCCCCCCCCCCCCCC(=O)NC(COC1OC(CO)C(O)C(O)C1O)C(O)/C=C/CC/C=C/CC/C=C/CCCCCCCCCCCCCCC. The van der Waals surface area contributed by atoms with Gasteiger partial charge in [0, 0.05) is 6.42 Å². The zero-order valence-electron chi connectivity index (χ0n) is 57.3. The molecule has 6 N–H and O–H groups in total. The van der Waals surface area contributed by atoms with Crippen molar-refractivity contribution >= 4 is 5.91 Å². The van der Waals surface area contributed by atoms with E-state index in [-0.39, 0.29) is 12.5 Å². The first-order valence-electron chi connectivity index (χ1n) is 38.0. The van der Waals surface area contributed by atoms with Gasteiger partial charge in [-0.2, -0.15) is 0 Å². The minimum absolute atomic E-state index is 0.184. The Hall–Kier alpha value is -2.11. The highest BCUT2D eigenvalue weighted by atomic mass is 16.7. The molecule has 1 aliphatic heterocycles. The van der Waals surface area contributed by atoms with E-state index < -0.39 is 49.5 Å². The number of aliphatic hydroxyl groups is 5. The minimum atomic E-state index is -1.58. The van der Waals surface area contributed by atoms with Gasteiger partial charge in [0.1, 0.15) is 24.4 Å². The van der Waals surface area contributed by atoms with Gasteiger partial charge >= 0.3 is 0 Å². The molecule has 1 heterocycles. The maximum Gasteiger partial charge on any atom is 0.220 e. The van der Waals surface area contributed by atoms with Gasteiger partial charge in [0.05, 0.1) is 25.4 Å². The van der Waals surface area contributed by atoms with E-state index in [0.29, 0.717) is 6.42 Å². The van der Waals surface area contributed by atoms with Gasteiger partial charge in [-0.15, -0.1) is 0 Å². The number of hydrogen-bond acceptors (Lipinski definition) is 8. The van der Waals surface area contributed by atoms with Crippen molar-refractivity contribution < 1.29 is 39.8 Å². The summed E-state index contributed by atoms with van der Waals surface area (Å²) in [5.74, 6) is -0.184. The van der Waals surface area contributed by atoms with Gasteiger partial charge in [-0.25, -0.2) is 0 Å². The van der Waals surface area contributed by atoms with Crippen LogP contribution in [0.25, 0.3) is 0 Å². The molecule has 1 aliphatic rings. The maximum atomic E-state index is 13.1. The average Bonchev–Trinajstić information content (AvgIpc) is 3.47. The largest absolute Gasteiger partial charge is 0.394 e. The van der Waals surface area contributed by atoms with Crippen LogP contribution in [0.1, 0.15) is 373 Å². The van der Waals surface area contributed by atoms with Crippen molar-refractivity contribution in [2.75, 3.05) is 13.2 Å². The lowest BCUT2D eigenvalue weighted by Crippen LogP contribution is -2.60. The molecule has 0 aromatic rings. The highest BCUT2D eigenvalue weighted by Gasteiger charge is 2.44. The van der Waals surface area contributed by atoms with Crippen LogP contribution in [0.2, 0.25) is 0 Å². The molecule has 1 saturated heterocycles. The molecule has 9 heteroatoms. The van der Waals surface area contributed by atoms with Gasteiger partial charge in [-0.3, -0.25) is 4.79 Å². The third kappa shape index (κ3) is 55.3. The molecule has 0 aromatic carbocycles. The summed E-state index contributed by atoms with van der Waals surface area (Å²) in [6, 6.07) is -0.830. The third-order valence-corrected chi connectivity index (χ3v) is 18.0. The fourth-order valence-corrected chi connectivity index (χ4v) is 12.1. The molecule has 0 saturated carbocycles. The lowest BCUT2D eigenvalue weighted by atomic mass is 9.99. The first-order valence-corrected chi connectivity index (χ1v) is 38.0. The van der Waals surface area contributed by atoms with Crippen LogP contribution in [-0.2, 0) is 14.3 Å². The Kier molecular flexibility index (Phi) is 63.7. The molecule has 0 aliphatic carbocycles. The first-order chi connectivity index (χ1) is 42.8. The Labute approximate surface area is 538 Å². The fourth-order valence-electron chi connectivity index (χ4n) is 12.1. The summed E-state index contributed by atoms with van der Waals surface area (Å²) in [7, 11) is 0. The molecule has 0 radical (unpaired) electrons. The number of amides is 1. The molecule has 510 valence electrons. The smallest absolute Gasteiger partial charge is 0.220 e. The number of rotatable bonds is 67. The molecule has 1 fully saturated rings. The number of unbranched alkanes of at least 4 members (excludes halogenated alkanes) is 49. The van der Waals surface area contributed by atoms with Gasteiger partial charge in [0.15, 0.2) is 6.29 Å². The number of carbonyl (C=O) groups is 1. The van der Waals surface area contributed by atoms with Gasteiger partial charge < -0.3 is 40.3 Å². The van der Waals surface area contributed by atoms with E-state index >= 15 is 0 Å². The van der Waals surface area contributed by atoms with E-state index in [2.05, 4.69) is 67.8 Å². The Morgan fingerprint density at radius 2 is 0.690 bits per heavy atom. The molecule has 87 heavy (non-hydrogen) atoms. The zero-order valence-corrected chi connectivity index (χ0v) is 57.3. The van der Waals surface area contributed by atoms with E-state index in [9.17, 15) is 30.3 Å². The Morgan fingerprint density at radius 1 is 0.391 bits per heavy atom. The highest BCUT2D eigenvalue weighted by Crippen LogP contribution is 2.24. The maximum absolute atomic E-state index is 13.1. The van der Waals surface area contributed by atoms with Gasteiger partial charge in [0.2, 0.25) is 5.91 Å². The van der Waals surface area contributed by atoms with Crippen LogP contribution in [0, 0.1) is 0 Å². The van der Waals surface area contributed by atoms with Gasteiger partial charge in [-0.05, 0) is 77.0 Å². The van der Waals surface area contributed by atoms with Crippen molar-refractivity contribution in [2.24, 2.45) is 0 Å². The lowest BCUT2D eigenvalue weighted by molar-refractivity contribution is -0.302. The summed E-state index contributed by atoms with van der Waals surface area (Å²) in [6.07, 6.45) is 86.5.